The number of hydrogen-bond donors (Lipinski definition) is 2. The van der Waals surface area contributed by atoms with Gasteiger partial charge in [0.1, 0.15) is 6.04 Å². The summed E-state index contributed by atoms with van der Waals surface area (Å²) in [7, 11) is 0. The second kappa shape index (κ2) is 9.20. The first-order chi connectivity index (χ1) is 14.0. The third-order valence-corrected chi connectivity index (χ3v) is 5.32. The van der Waals surface area contributed by atoms with Crippen molar-refractivity contribution in [1.29, 1.82) is 0 Å². The number of aliphatic carboxylic acids is 1. The van der Waals surface area contributed by atoms with Crippen LogP contribution in [0.1, 0.15) is 30.0 Å². The average Bonchev–Trinajstić information content (AvgIpc) is 2.77. The minimum atomic E-state index is -1.03. The molecular formula is C25H25NO3. The smallest absolute Gasteiger partial charge is 0.326 e. The number of amides is 1. The molecule has 0 radical (unpaired) electrons. The van der Waals surface area contributed by atoms with E-state index < -0.39 is 17.4 Å². The van der Waals surface area contributed by atoms with Crippen LogP contribution in [0.4, 0.5) is 0 Å². The van der Waals surface area contributed by atoms with Crippen molar-refractivity contribution in [1.82, 2.24) is 5.32 Å². The Morgan fingerprint density at radius 1 is 0.828 bits per heavy atom. The summed E-state index contributed by atoms with van der Waals surface area (Å²) in [5, 5.41) is 12.5. The van der Waals surface area contributed by atoms with E-state index in [2.05, 4.69) is 5.32 Å². The summed E-state index contributed by atoms with van der Waals surface area (Å²) in [6.45, 7) is 1.84. The lowest BCUT2D eigenvalue weighted by molar-refractivity contribution is -0.142. The molecule has 3 rings (SSSR count). The number of benzene rings is 3. The highest BCUT2D eigenvalue weighted by Crippen LogP contribution is 2.32. The molecule has 3 aromatic carbocycles. The van der Waals surface area contributed by atoms with Crippen molar-refractivity contribution in [3.63, 3.8) is 0 Å². The zero-order valence-electron chi connectivity index (χ0n) is 16.4. The van der Waals surface area contributed by atoms with Gasteiger partial charge >= 0.3 is 5.97 Å². The molecule has 0 aliphatic rings. The maximum atomic E-state index is 13.4. The summed E-state index contributed by atoms with van der Waals surface area (Å²) < 4.78 is 0. The Morgan fingerprint density at radius 2 is 1.28 bits per heavy atom. The summed E-state index contributed by atoms with van der Waals surface area (Å²) in [6.07, 6.45) is 0.899. The number of carboxylic acids is 1. The Balaban J connectivity index is 1.86. The van der Waals surface area contributed by atoms with Gasteiger partial charge in [0, 0.05) is 0 Å². The van der Waals surface area contributed by atoms with Gasteiger partial charge < -0.3 is 10.4 Å². The van der Waals surface area contributed by atoms with E-state index in [-0.39, 0.29) is 5.91 Å². The average molecular weight is 387 g/mol. The Kier molecular flexibility index (Phi) is 6.45. The van der Waals surface area contributed by atoms with Crippen LogP contribution in [0.5, 0.6) is 0 Å². The quantitative estimate of drug-likeness (QED) is 0.609. The lowest BCUT2D eigenvalue weighted by atomic mass is 9.75. The number of rotatable bonds is 8. The second-order valence-electron chi connectivity index (χ2n) is 7.25. The maximum absolute atomic E-state index is 13.4. The summed E-state index contributed by atoms with van der Waals surface area (Å²) in [4.78, 5) is 25.3. The van der Waals surface area contributed by atoms with Crippen LogP contribution in [0, 0.1) is 0 Å². The molecule has 0 spiro atoms. The summed E-state index contributed by atoms with van der Waals surface area (Å²) in [5.41, 5.74) is 1.68. The zero-order chi connectivity index (χ0) is 20.7. The van der Waals surface area contributed by atoms with Crippen molar-refractivity contribution in [2.45, 2.75) is 31.2 Å². The van der Waals surface area contributed by atoms with Crippen LogP contribution >= 0.6 is 0 Å². The van der Waals surface area contributed by atoms with Crippen LogP contribution in [0.15, 0.2) is 91.0 Å². The molecular weight excluding hydrogens is 362 g/mol. The van der Waals surface area contributed by atoms with Crippen molar-refractivity contribution >= 4 is 11.9 Å². The van der Waals surface area contributed by atoms with Crippen molar-refractivity contribution < 1.29 is 14.7 Å². The molecule has 0 aromatic heterocycles. The SMILES string of the molecule is CC(C(=O)N[C@H](CCc1ccccc1)C(=O)O)(c1ccccc1)c1ccccc1. The third-order valence-electron chi connectivity index (χ3n) is 5.32. The van der Waals surface area contributed by atoms with E-state index in [1.165, 1.54) is 0 Å². The van der Waals surface area contributed by atoms with Crippen LogP contribution in [0.2, 0.25) is 0 Å². The van der Waals surface area contributed by atoms with Gasteiger partial charge in [0.25, 0.3) is 0 Å². The molecule has 1 atom stereocenters. The molecule has 0 aliphatic heterocycles. The number of carbonyl (C=O) groups is 2. The highest BCUT2D eigenvalue weighted by atomic mass is 16.4. The van der Waals surface area contributed by atoms with Gasteiger partial charge in [-0.2, -0.15) is 0 Å². The highest BCUT2D eigenvalue weighted by Gasteiger charge is 2.38. The van der Waals surface area contributed by atoms with Crippen LogP contribution in [0.25, 0.3) is 0 Å². The molecule has 0 unspecified atom stereocenters. The highest BCUT2D eigenvalue weighted by molar-refractivity contribution is 5.94. The van der Waals surface area contributed by atoms with Crippen LogP contribution < -0.4 is 5.32 Å². The molecule has 0 aliphatic carbocycles. The molecule has 29 heavy (non-hydrogen) atoms. The van der Waals surface area contributed by atoms with Gasteiger partial charge in [-0.3, -0.25) is 4.79 Å². The minimum Gasteiger partial charge on any atom is -0.480 e. The minimum absolute atomic E-state index is 0.324. The molecule has 148 valence electrons. The molecule has 4 nitrogen and oxygen atoms in total. The van der Waals surface area contributed by atoms with E-state index in [0.29, 0.717) is 12.8 Å². The Morgan fingerprint density at radius 3 is 1.72 bits per heavy atom. The summed E-state index contributed by atoms with van der Waals surface area (Å²) in [6, 6.07) is 27.6. The first kappa shape index (κ1) is 20.3. The molecule has 0 saturated heterocycles. The van der Waals surface area contributed by atoms with E-state index in [1.807, 2.05) is 97.9 Å². The van der Waals surface area contributed by atoms with Crippen molar-refractivity contribution in [3.8, 4) is 0 Å². The Bertz CT molecular complexity index is 900. The molecule has 0 saturated carbocycles. The van der Waals surface area contributed by atoms with Crippen LogP contribution in [0.3, 0.4) is 0 Å². The first-order valence-electron chi connectivity index (χ1n) is 9.70. The van der Waals surface area contributed by atoms with Crippen molar-refractivity contribution in [2.24, 2.45) is 0 Å². The second-order valence-corrected chi connectivity index (χ2v) is 7.25. The summed E-state index contributed by atoms with van der Waals surface area (Å²) >= 11 is 0. The van der Waals surface area contributed by atoms with E-state index in [1.54, 1.807) is 0 Å². The number of carbonyl (C=O) groups excluding carboxylic acids is 1. The maximum Gasteiger partial charge on any atom is 0.326 e. The fourth-order valence-corrected chi connectivity index (χ4v) is 3.49. The van der Waals surface area contributed by atoms with Gasteiger partial charge in [0.15, 0.2) is 0 Å². The fraction of sp³-hybridized carbons (Fsp3) is 0.200. The largest absolute Gasteiger partial charge is 0.480 e. The number of carboxylic acid groups (broad SMARTS) is 1. The lowest BCUT2D eigenvalue weighted by Gasteiger charge is -2.31. The number of aryl methyl sites for hydroxylation is 1. The lowest BCUT2D eigenvalue weighted by Crippen LogP contribution is -2.50. The Hall–Kier alpha value is -3.40. The van der Waals surface area contributed by atoms with Gasteiger partial charge in [-0.05, 0) is 36.5 Å². The third kappa shape index (κ3) is 4.72. The van der Waals surface area contributed by atoms with Crippen molar-refractivity contribution in [3.05, 3.63) is 108 Å². The molecule has 1 amide bonds. The van der Waals surface area contributed by atoms with Crippen molar-refractivity contribution in [2.75, 3.05) is 0 Å². The van der Waals surface area contributed by atoms with Gasteiger partial charge in [-0.1, -0.05) is 91.0 Å². The van der Waals surface area contributed by atoms with E-state index in [4.69, 9.17) is 0 Å². The fourth-order valence-electron chi connectivity index (χ4n) is 3.49. The molecule has 4 heteroatoms. The predicted molar refractivity (Wildman–Crippen MR) is 114 cm³/mol. The van der Waals surface area contributed by atoms with E-state index >= 15 is 0 Å². The Labute approximate surface area is 171 Å². The van der Waals surface area contributed by atoms with Gasteiger partial charge in [-0.25, -0.2) is 4.79 Å². The molecule has 3 aromatic rings. The number of nitrogens with one attached hydrogen (secondary N) is 1. The molecule has 0 heterocycles. The predicted octanol–water partition coefficient (Wildman–Crippen LogP) is 4.19. The van der Waals surface area contributed by atoms with E-state index in [9.17, 15) is 14.7 Å². The van der Waals surface area contributed by atoms with Gasteiger partial charge in [-0.15, -0.1) is 0 Å². The van der Waals surface area contributed by atoms with E-state index in [0.717, 1.165) is 16.7 Å². The van der Waals surface area contributed by atoms with Crippen LogP contribution in [-0.4, -0.2) is 23.0 Å². The topological polar surface area (TPSA) is 66.4 Å². The summed E-state index contributed by atoms with van der Waals surface area (Å²) in [5.74, 6) is -1.35. The normalized spacial score (nSPS) is 12.2. The zero-order valence-corrected chi connectivity index (χ0v) is 16.4. The molecule has 2 N–H and O–H groups in total. The van der Waals surface area contributed by atoms with Gasteiger partial charge in [0.05, 0.1) is 5.41 Å². The standard InChI is InChI=1S/C25H25NO3/c1-25(20-13-7-3-8-14-20,21-15-9-4-10-16-21)24(29)26-22(23(27)28)18-17-19-11-5-2-6-12-19/h2-16,22H,17-18H2,1H3,(H,26,29)(H,27,28)/t22-/m1/s1. The monoisotopic (exact) mass is 387 g/mol. The molecule has 0 fully saturated rings. The van der Waals surface area contributed by atoms with Gasteiger partial charge in [0.2, 0.25) is 5.91 Å². The van der Waals surface area contributed by atoms with Crippen LogP contribution in [-0.2, 0) is 21.4 Å². The first-order valence-corrected chi connectivity index (χ1v) is 9.70. The molecule has 0 bridgehead atoms. The number of hydrogen-bond acceptors (Lipinski definition) is 2.